The average molecular weight is 332 g/mol. The third-order valence-corrected chi connectivity index (χ3v) is 2.67. The number of halogens is 2. The van der Waals surface area contributed by atoms with Gasteiger partial charge >= 0.3 is 5.97 Å². The Balaban J connectivity index is 2.71. The van der Waals surface area contributed by atoms with Crippen molar-refractivity contribution < 1.29 is 24.2 Å². The normalized spacial score (nSPS) is 9.76. The summed E-state index contributed by atoms with van der Waals surface area (Å²) in [4.78, 5) is 21.8. The molecule has 6 nitrogen and oxygen atoms in total. The Labute approximate surface area is 130 Å². The van der Waals surface area contributed by atoms with Crippen LogP contribution in [-0.4, -0.2) is 36.8 Å². The monoisotopic (exact) mass is 331 g/mol. The summed E-state index contributed by atoms with van der Waals surface area (Å²) in [5.41, 5.74) is 0.247. The fraction of sp³-hybridized carbons (Fsp3) is 0.231. The molecule has 21 heavy (non-hydrogen) atoms. The molecule has 0 aliphatic carbocycles. The van der Waals surface area contributed by atoms with Crippen molar-refractivity contribution in [2.45, 2.75) is 0 Å². The third kappa shape index (κ3) is 5.92. The number of carboxylic acids is 1. The van der Waals surface area contributed by atoms with Crippen LogP contribution in [0.25, 0.3) is 0 Å². The van der Waals surface area contributed by atoms with Gasteiger partial charge in [-0.3, -0.25) is 4.79 Å². The highest BCUT2D eigenvalue weighted by Gasteiger charge is 2.11. The van der Waals surface area contributed by atoms with E-state index in [9.17, 15) is 9.59 Å². The van der Waals surface area contributed by atoms with Crippen LogP contribution >= 0.6 is 23.2 Å². The smallest absolute Gasteiger partial charge is 0.329 e. The summed E-state index contributed by atoms with van der Waals surface area (Å²) >= 11 is 11.8. The van der Waals surface area contributed by atoms with Crippen LogP contribution in [0.15, 0.2) is 12.1 Å². The lowest BCUT2D eigenvalue weighted by Gasteiger charge is -2.11. The second-order valence-corrected chi connectivity index (χ2v) is 4.50. The van der Waals surface area contributed by atoms with Crippen molar-refractivity contribution in [3.63, 3.8) is 0 Å². The van der Waals surface area contributed by atoms with Crippen LogP contribution in [-0.2, 0) is 14.3 Å². The molecule has 8 heteroatoms. The summed E-state index contributed by atoms with van der Waals surface area (Å²) in [6.07, 6.45) is 5.08. The van der Waals surface area contributed by atoms with Crippen molar-refractivity contribution in [2.24, 2.45) is 0 Å². The molecule has 0 aromatic heterocycles. The van der Waals surface area contributed by atoms with Gasteiger partial charge in [-0.1, -0.05) is 29.1 Å². The molecule has 0 heterocycles. The molecular weight excluding hydrogens is 321 g/mol. The van der Waals surface area contributed by atoms with E-state index in [0.29, 0.717) is 0 Å². The first-order valence-electron chi connectivity index (χ1n) is 5.58. The maximum absolute atomic E-state index is 11.6. The topological polar surface area (TPSA) is 84.9 Å². The number of anilines is 1. The fourth-order valence-electron chi connectivity index (χ4n) is 1.27. The van der Waals surface area contributed by atoms with E-state index in [1.54, 1.807) is 0 Å². The first-order chi connectivity index (χ1) is 9.93. The largest absolute Gasteiger partial charge is 0.480 e. The molecule has 0 spiro atoms. The molecule has 0 unspecified atom stereocenters. The molecule has 1 aromatic carbocycles. The van der Waals surface area contributed by atoms with Crippen molar-refractivity contribution in [1.82, 2.24) is 0 Å². The number of hydrogen-bond acceptors (Lipinski definition) is 4. The summed E-state index contributed by atoms with van der Waals surface area (Å²) in [5, 5.41) is 11.3. The Kier molecular flexibility index (Phi) is 6.82. The third-order valence-electron chi connectivity index (χ3n) is 2.07. The van der Waals surface area contributed by atoms with E-state index in [1.807, 2.05) is 0 Å². The molecule has 0 atom stereocenters. The molecule has 0 aliphatic heterocycles. The van der Waals surface area contributed by atoms with Crippen molar-refractivity contribution in [1.29, 1.82) is 0 Å². The number of carbonyl (C=O) groups is 2. The van der Waals surface area contributed by atoms with Crippen molar-refractivity contribution in [3.05, 3.63) is 22.2 Å². The van der Waals surface area contributed by atoms with Crippen LogP contribution in [0.3, 0.4) is 0 Å². The predicted molar refractivity (Wildman–Crippen MR) is 77.9 cm³/mol. The SMILES string of the molecule is C#CCOc1cc(NC(=O)COCC(=O)O)c(Cl)cc1Cl. The number of hydrogen-bond donors (Lipinski definition) is 2. The van der Waals surface area contributed by atoms with Crippen LogP contribution in [0.5, 0.6) is 5.75 Å². The molecule has 1 aromatic rings. The molecule has 1 rings (SSSR count). The van der Waals surface area contributed by atoms with Gasteiger partial charge in [-0.05, 0) is 6.07 Å². The van der Waals surface area contributed by atoms with Gasteiger partial charge in [0.1, 0.15) is 25.6 Å². The molecule has 0 bridgehead atoms. The zero-order valence-electron chi connectivity index (χ0n) is 10.7. The number of rotatable bonds is 7. The number of ether oxygens (including phenoxy) is 2. The standard InChI is InChI=1S/C13H11Cl2NO5/c1-2-3-21-11-5-10(8(14)4-9(11)15)16-12(17)6-20-7-13(18)19/h1,4-5H,3,6-7H2,(H,16,17)(H,18,19). The maximum Gasteiger partial charge on any atom is 0.329 e. The van der Waals surface area contributed by atoms with E-state index < -0.39 is 25.1 Å². The summed E-state index contributed by atoms with van der Waals surface area (Å²) in [7, 11) is 0. The van der Waals surface area contributed by atoms with Gasteiger partial charge < -0.3 is 19.9 Å². The fourth-order valence-corrected chi connectivity index (χ4v) is 1.76. The van der Waals surface area contributed by atoms with E-state index >= 15 is 0 Å². The zero-order chi connectivity index (χ0) is 15.8. The molecule has 0 fully saturated rings. The second kappa shape index (κ2) is 8.37. The van der Waals surface area contributed by atoms with Gasteiger partial charge in [0.05, 0.1) is 15.7 Å². The number of nitrogens with one attached hydrogen (secondary N) is 1. The first kappa shape index (κ1) is 17.1. The molecule has 0 radical (unpaired) electrons. The highest BCUT2D eigenvalue weighted by Crippen LogP contribution is 2.34. The highest BCUT2D eigenvalue weighted by atomic mass is 35.5. The lowest BCUT2D eigenvalue weighted by Crippen LogP contribution is -2.20. The molecule has 0 saturated carbocycles. The lowest BCUT2D eigenvalue weighted by molar-refractivity contribution is -0.143. The molecule has 112 valence electrons. The molecular formula is C13H11Cl2NO5. The minimum atomic E-state index is -1.17. The Morgan fingerprint density at radius 1 is 1.29 bits per heavy atom. The van der Waals surface area contributed by atoms with Crippen LogP contribution < -0.4 is 10.1 Å². The minimum Gasteiger partial charge on any atom is -0.480 e. The number of carbonyl (C=O) groups excluding carboxylic acids is 1. The van der Waals surface area contributed by atoms with Gasteiger partial charge in [0.2, 0.25) is 5.91 Å². The number of amides is 1. The van der Waals surface area contributed by atoms with E-state index in [0.717, 1.165) is 0 Å². The Bertz CT molecular complexity index is 583. The van der Waals surface area contributed by atoms with E-state index in [2.05, 4.69) is 16.0 Å². The van der Waals surface area contributed by atoms with Gasteiger partial charge in [-0.2, -0.15) is 0 Å². The predicted octanol–water partition coefficient (Wildman–Crippen LogP) is 2.05. The first-order valence-corrected chi connectivity index (χ1v) is 6.34. The van der Waals surface area contributed by atoms with Crippen LogP contribution in [0, 0.1) is 12.3 Å². The highest BCUT2D eigenvalue weighted by molar-refractivity contribution is 6.37. The van der Waals surface area contributed by atoms with Crippen molar-refractivity contribution in [2.75, 3.05) is 25.1 Å². The maximum atomic E-state index is 11.6. The minimum absolute atomic E-state index is 0.0104. The summed E-state index contributed by atoms with van der Waals surface area (Å²) in [5.74, 6) is 0.809. The van der Waals surface area contributed by atoms with E-state index in [4.69, 9.17) is 39.5 Å². The number of aliphatic carboxylic acids is 1. The summed E-state index contributed by atoms with van der Waals surface area (Å²) < 4.78 is 9.84. The van der Waals surface area contributed by atoms with E-state index in [-0.39, 0.29) is 28.1 Å². The second-order valence-electron chi connectivity index (χ2n) is 3.69. The number of carboxylic acid groups (broad SMARTS) is 1. The van der Waals surface area contributed by atoms with Gasteiger partial charge in [0, 0.05) is 6.07 Å². The molecule has 0 aliphatic rings. The van der Waals surface area contributed by atoms with Crippen LogP contribution in [0.2, 0.25) is 10.0 Å². The summed E-state index contributed by atoms with van der Waals surface area (Å²) in [6.45, 7) is -0.986. The van der Waals surface area contributed by atoms with Crippen LogP contribution in [0.1, 0.15) is 0 Å². The van der Waals surface area contributed by atoms with E-state index in [1.165, 1.54) is 12.1 Å². The number of benzene rings is 1. The van der Waals surface area contributed by atoms with Gasteiger partial charge in [0.15, 0.2) is 0 Å². The molecule has 2 N–H and O–H groups in total. The number of terminal acetylenes is 1. The van der Waals surface area contributed by atoms with Crippen molar-refractivity contribution >= 4 is 40.8 Å². The molecule has 0 saturated heterocycles. The Morgan fingerprint density at radius 3 is 2.62 bits per heavy atom. The summed E-state index contributed by atoms with van der Waals surface area (Å²) in [6, 6.07) is 2.81. The van der Waals surface area contributed by atoms with Crippen molar-refractivity contribution in [3.8, 4) is 18.1 Å². The Morgan fingerprint density at radius 2 is 2.00 bits per heavy atom. The van der Waals surface area contributed by atoms with Gasteiger partial charge in [-0.25, -0.2) is 4.79 Å². The van der Waals surface area contributed by atoms with Gasteiger partial charge in [0.25, 0.3) is 0 Å². The zero-order valence-corrected chi connectivity index (χ0v) is 12.2. The average Bonchev–Trinajstić information content (AvgIpc) is 2.40. The molecule has 1 amide bonds. The Hall–Kier alpha value is -1.94. The van der Waals surface area contributed by atoms with Gasteiger partial charge in [-0.15, -0.1) is 6.42 Å². The lowest BCUT2D eigenvalue weighted by atomic mass is 10.3. The van der Waals surface area contributed by atoms with Crippen LogP contribution in [0.4, 0.5) is 5.69 Å². The quantitative estimate of drug-likeness (QED) is 0.747.